The third kappa shape index (κ3) is 6.55. The van der Waals surface area contributed by atoms with Crippen molar-refractivity contribution in [3.63, 3.8) is 0 Å². The van der Waals surface area contributed by atoms with Crippen LogP contribution in [0.25, 0.3) is 0 Å². The van der Waals surface area contributed by atoms with Crippen molar-refractivity contribution in [1.29, 1.82) is 0 Å². The first-order valence-corrected chi connectivity index (χ1v) is 9.47. The molecule has 3 rings (SSSR count). The van der Waals surface area contributed by atoms with Crippen LogP contribution in [0.4, 0.5) is 0 Å². The number of nitrogens with two attached hydrogens (primary N) is 2. The molecule has 0 saturated carbocycles. The molecule has 2 unspecified atom stereocenters. The van der Waals surface area contributed by atoms with Crippen LogP contribution in [0.5, 0.6) is 0 Å². The molecule has 0 bridgehead atoms. The standard InChI is InChI=1S/C15H15NO2.C9H11NO2/c16-15(14(17)18,13-9-5-2-6-10-13)11-12-7-3-1-4-8-12;10-8(9(11)12)6-7-4-2-1-3-5-7/h1-10H,11,16H2,(H,17,18);1-5,8H,6,10H2,(H,11,12). The number of carboxylic acids is 2. The minimum absolute atomic E-state index is 0.271. The molecule has 0 aliphatic rings. The Hall–Kier alpha value is -3.48. The van der Waals surface area contributed by atoms with E-state index >= 15 is 0 Å². The highest BCUT2D eigenvalue weighted by molar-refractivity contribution is 5.81. The highest BCUT2D eigenvalue weighted by Gasteiger charge is 2.35. The molecule has 0 heterocycles. The lowest BCUT2D eigenvalue weighted by molar-refractivity contribution is -0.143. The molecule has 0 amide bonds. The normalized spacial score (nSPS) is 13.3. The molecule has 0 fully saturated rings. The van der Waals surface area contributed by atoms with E-state index in [1.807, 2.05) is 66.7 Å². The van der Waals surface area contributed by atoms with Gasteiger partial charge in [-0.25, -0.2) is 4.79 Å². The SMILES string of the molecule is NC(Cc1ccccc1)(C(=O)O)c1ccccc1.NC(Cc1ccccc1)C(=O)O. The number of carbonyl (C=O) groups is 2. The fourth-order valence-electron chi connectivity index (χ4n) is 2.91. The van der Waals surface area contributed by atoms with Crippen LogP contribution in [0.15, 0.2) is 91.0 Å². The van der Waals surface area contributed by atoms with E-state index in [2.05, 4.69) is 0 Å². The number of carboxylic acid groups (broad SMARTS) is 2. The molecule has 6 heteroatoms. The lowest BCUT2D eigenvalue weighted by Crippen LogP contribution is -2.46. The third-order valence-electron chi connectivity index (χ3n) is 4.61. The van der Waals surface area contributed by atoms with E-state index in [0.29, 0.717) is 12.0 Å². The predicted molar refractivity (Wildman–Crippen MR) is 116 cm³/mol. The van der Waals surface area contributed by atoms with Gasteiger partial charge in [0.2, 0.25) is 0 Å². The van der Waals surface area contributed by atoms with Gasteiger partial charge in [-0.3, -0.25) is 4.79 Å². The predicted octanol–water partition coefficient (Wildman–Crippen LogP) is 2.81. The molecule has 0 radical (unpaired) electrons. The molecule has 0 aromatic heterocycles. The second-order valence-electron chi connectivity index (χ2n) is 6.94. The summed E-state index contributed by atoms with van der Waals surface area (Å²) >= 11 is 0. The average molecular weight is 406 g/mol. The Morgan fingerprint density at radius 3 is 1.63 bits per heavy atom. The van der Waals surface area contributed by atoms with E-state index < -0.39 is 23.5 Å². The van der Waals surface area contributed by atoms with Gasteiger partial charge in [0.15, 0.2) is 0 Å². The number of rotatable bonds is 7. The van der Waals surface area contributed by atoms with E-state index in [1.54, 1.807) is 24.3 Å². The lowest BCUT2D eigenvalue weighted by atomic mass is 9.85. The Morgan fingerprint density at radius 1 is 0.767 bits per heavy atom. The van der Waals surface area contributed by atoms with E-state index in [0.717, 1.165) is 11.1 Å². The molecular formula is C24H26N2O4. The summed E-state index contributed by atoms with van der Waals surface area (Å²) in [5, 5.41) is 17.9. The summed E-state index contributed by atoms with van der Waals surface area (Å²) in [4.78, 5) is 21.9. The van der Waals surface area contributed by atoms with Crippen molar-refractivity contribution < 1.29 is 19.8 Å². The maximum absolute atomic E-state index is 11.5. The molecule has 6 N–H and O–H groups in total. The lowest BCUT2D eigenvalue weighted by Gasteiger charge is -2.25. The molecule has 6 nitrogen and oxygen atoms in total. The highest BCUT2D eigenvalue weighted by atomic mass is 16.4. The van der Waals surface area contributed by atoms with Crippen molar-refractivity contribution in [2.24, 2.45) is 11.5 Å². The van der Waals surface area contributed by atoms with Crippen LogP contribution >= 0.6 is 0 Å². The van der Waals surface area contributed by atoms with E-state index in [9.17, 15) is 14.7 Å². The number of hydrogen-bond acceptors (Lipinski definition) is 4. The van der Waals surface area contributed by atoms with Crippen molar-refractivity contribution in [2.45, 2.75) is 24.4 Å². The first-order valence-electron chi connectivity index (χ1n) is 9.47. The van der Waals surface area contributed by atoms with Crippen molar-refractivity contribution in [3.8, 4) is 0 Å². The van der Waals surface area contributed by atoms with Gasteiger partial charge >= 0.3 is 11.9 Å². The zero-order chi connectivity index (χ0) is 22.0. The molecule has 30 heavy (non-hydrogen) atoms. The second kappa shape index (κ2) is 10.9. The summed E-state index contributed by atoms with van der Waals surface area (Å²) in [6.07, 6.45) is 0.656. The van der Waals surface area contributed by atoms with Crippen LogP contribution in [0.1, 0.15) is 16.7 Å². The van der Waals surface area contributed by atoms with Crippen molar-refractivity contribution in [1.82, 2.24) is 0 Å². The Balaban J connectivity index is 0.000000232. The summed E-state index contributed by atoms with van der Waals surface area (Å²) < 4.78 is 0. The molecule has 2 atom stereocenters. The molecule has 3 aromatic rings. The van der Waals surface area contributed by atoms with Gasteiger partial charge in [-0.2, -0.15) is 0 Å². The van der Waals surface area contributed by atoms with Gasteiger partial charge in [-0.1, -0.05) is 91.0 Å². The maximum Gasteiger partial charge on any atom is 0.328 e. The topological polar surface area (TPSA) is 127 Å². The molecule has 156 valence electrons. The van der Waals surface area contributed by atoms with Crippen molar-refractivity contribution >= 4 is 11.9 Å². The molecule has 0 spiro atoms. The Labute approximate surface area is 175 Å². The van der Waals surface area contributed by atoms with Crippen molar-refractivity contribution in [3.05, 3.63) is 108 Å². The summed E-state index contributed by atoms with van der Waals surface area (Å²) in [6, 6.07) is 26.9. The van der Waals surface area contributed by atoms with Crippen LogP contribution in [-0.4, -0.2) is 28.2 Å². The minimum atomic E-state index is -1.39. The van der Waals surface area contributed by atoms with Gasteiger partial charge in [0.1, 0.15) is 11.6 Å². The number of aliphatic carboxylic acids is 2. The number of benzene rings is 3. The minimum Gasteiger partial charge on any atom is -0.480 e. The fourth-order valence-corrected chi connectivity index (χ4v) is 2.91. The molecule has 0 saturated heterocycles. The smallest absolute Gasteiger partial charge is 0.328 e. The second-order valence-corrected chi connectivity index (χ2v) is 6.94. The Bertz CT molecular complexity index is 933. The van der Waals surface area contributed by atoms with Gasteiger partial charge in [-0.15, -0.1) is 0 Å². The monoisotopic (exact) mass is 406 g/mol. The van der Waals surface area contributed by atoms with Crippen LogP contribution in [0.3, 0.4) is 0 Å². The molecule has 3 aromatic carbocycles. The molecule has 0 aliphatic carbocycles. The van der Waals surface area contributed by atoms with E-state index in [4.69, 9.17) is 16.6 Å². The average Bonchev–Trinajstić information content (AvgIpc) is 2.76. The van der Waals surface area contributed by atoms with Crippen LogP contribution in [0.2, 0.25) is 0 Å². The highest BCUT2D eigenvalue weighted by Crippen LogP contribution is 2.23. The van der Waals surface area contributed by atoms with Gasteiger partial charge in [0.05, 0.1) is 0 Å². The van der Waals surface area contributed by atoms with Gasteiger partial charge < -0.3 is 21.7 Å². The third-order valence-corrected chi connectivity index (χ3v) is 4.61. The van der Waals surface area contributed by atoms with Gasteiger partial charge in [0.25, 0.3) is 0 Å². The van der Waals surface area contributed by atoms with Crippen LogP contribution in [-0.2, 0) is 28.0 Å². The summed E-state index contributed by atoms with van der Waals surface area (Å²) in [7, 11) is 0. The van der Waals surface area contributed by atoms with Crippen LogP contribution in [0, 0.1) is 0 Å². The first-order chi connectivity index (χ1) is 14.3. The van der Waals surface area contributed by atoms with Gasteiger partial charge in [-0.05, 0) is 23.1 Å². The maximum atomic E-state index is 11.5. The molecular weight excluding hydrogens is 380 g/mol. The van der Waals surface area contributed by atoms with E-state index in [1.165, 1.54) is 0 Å². The summed E-state index contributed by atoms with van der Waals surface area (Å²) in [6.45, 7) is 0. The summed E-state index contributed by atoms with van der Waals surface area (Å²) in [5.41, 5.74) is 12.5. The first kappa shape index (κ1) is 22.8. The summed E-state index contributed by atoms with van der Waals surface area (Å²) in [5.74, 6) is -1.98. The van der Waals surface area contributed by atoms with Crippen LogP contribution < -0.4 is 11.5 Å². The Morgan fingerprint density at radius 2 is 1.20 bits per heavy atom. The quantitative estimate of drug-likeness (QED) is 0.478. The number of hydrogen-bond donors (Lipinski definition) is 4. The van der Waals surface area contributed by atoms with Gasteiger partial charge in [0, 0.05) is 6.42 Å². The van der Waals surface area contributed by atoms with E-state index in [-0.39, 0.29) is 6.42 Å². The largest absolute Gasteiger partial charge is 0.480 e. The molecule has 0 aliphatic heterocycles. The van der Waals surface area contributed by atoms with Crippen molar-refractivity contribution in [2.75, 3.05) is 0 Å². The fraction of sp³-hybridized carbons (Fsp3) is 0.167. The zero-order valence-corrected chi connectivity index (χ0v) is 16.5. The Kier molecular flexibility index (Phi) is 8.29. The zero-order valence-electron chi connectivity index (χ0n) is 16.5.